The van der Waals surface area contributed by atoms with Crippen molar-refractivity contribution in [1.82, 2.24) is 14.9 Å². The lowest BCUT2D eigenvalue weighted by molar-refractivity contribution is -0.133. The molecule has 2 aromatic carbocycles. The van der Waals surface area contributed by atoms with Gasteiger partial charge >= 0.3 is 0 Å². The number of nitrogens with zero attached hydrogens (tertiary/aromatic N) is 4. The zero-order chi connectivity index (χ0) is 26.6. The molecule has 0 spiro atoms. The first kappa shape index (κ1) is 26.3. The van der Waals surface area contributed by atoms with E-state index in [-0.39, 0.29) is 22.2 Å². The molecule has 1 aliphatic rings. The Balaban J connectivity index is 1.44. The third-order valence-corrected chi connectivity index (χ3v) is 6.15. The Hall–Kier alpha value is -3.72. The first-order valence-corrected chi connectivity index (χ1v) is 12.5. The van der Waals surface area contributed by atoms with Gasteiger partial charge in [0, 0.05) is 56.1 Å². The molecule has 1 aliphatic heterocycles. The molecule has 1 aromatic heterocycles. The van der Waals surface area contributed by atoms with E-state index in [0.29, 0.717) is 48.3 Å². The first-order chi connectivity index (χ1) is 17.6. The molecule has 2 heterocycles. The maximum Gasteiger partial charge on any atom is 0.243 e. The van der Waals surface area contributed by atoms with Gasteiger partial charge in [-0.2, -0.15) is 4.98 Å². The summed E-state index contributed by atoms with van der Waals surface area (Å²) in [6.07, 6.45) is 2.03. The Morgan fingerprint density at radius 1 is 1.14 bits per heavy atom. The third-order valence-electron chi connectivity index (χ3n) is 5.90. The number of hydrogen-bond acceptors (Lipinski definition) is 8. The van der Waals surface area contributed by atoms with Gasteiger partial charge in [0.25, 0.3) is 0 Å². The molecule has 0 unspecified atom stereocenters. The lowest BCUT2D eigenvalue weighted by Crippen LogP contribution is -2.49. The first-order valence-electron chi connectivity index (χ1n) is 12.1. The van der Waals surface area contributed by atoms with Crippen LogP contribution in [0, 0.1) is 5.41 Å². The van der Waals surface area contributed by atoms with Crippen molar-refractivity contribution in [2.24, 2.45) is 5.41 Å². The fourth-order valence-corrected chi connectivity index (χ4v) is 4.18. The fraction of sp³-hybridized carbons (Fsp3) is 0.370. The van der Waals surface area contributed by atoms with Gasteiger partial charge in [-0.05, 0) is 29.7 Å². The Bertz CT molecular complexity index is 1260. The smallest absolute Gasteiger partial charge is 0.243 e. The summed E-state index contributed by atoms with van der Waals surface area (Å²) in [5, 5.41) is 3.45. The number of carbonyl (C=O) groups is 1. The summed E-state index contributed by atoms with van der Waals surface area (Å²) in [4.78, 5) is 25.5. The minimum Gasteiger partial charge on any atom is -0.494 e. The summed E-state index contributed by atoms with van der Waals surface area (Å²) >= 11 is 6.25. The number of amides is 1. The number of ether oxygens (including phenoxy) is 2. The highest BCUT2D eigenvalue weighted by atomic mass is 35.5. The molecule has 0 bridgehead atoms. The second kappa shape index (κ2) is 11.1. The van der Waals surface area contributed by atoms with E-state index in [1.165, 1.54) is 6.20 Å². The standard InChI is InChI=1S/C27H33ClN6O3/c1-27(2,3)16-24(35)34-12-10-33(11-13-34)19-8-9-22(23(15-19)36-4)31-26-30-17-21(28)25(32-26)37-20-7-5-6-18(29)14-20/h5-9,14-15,17H,10-13,16,29H2,1-4H3,(H,30,31,32). The minimum absolute atomic E-state index is 0.0132. The van der Waals surface area contributed by atoms with E-state index < -0.39 is 0 Å². The second-order valence-corrected chi connectivity index (χ2v) is 10.5. The number of benzene rings is 2. The molecule has 4 rings (SSSR count). The number of nitrogens with two attached hydrogens (primary N) is 1. The Morgan fingerprint density at radius 2 is 1.89 bits per heavy atom. The largest absolute Gasteiger partial charge is 0.494 e. The number of nitrogen functional groups attached to an aromatic ring is 1. The molecule has 1 saturated heterocycles. The summed E-state index contributed by atoms with van der Waals surface area (Å²) in [6, 6.07) is 12.9. The van der Waals surface area contributed by atoms with Crippen molar-refractivity contribution in [2.75, 3.05) is 49.2 Å². The van der Waals surface area contributed by atoms with E-state index in [1.807, 2.05) is 23.1 Å². The van der Waals surface area contributed by atoms with Gasteiger partial charge in [-0.3, -0.25) is 4.79 Å². The predicted octanol–water partition coefficient (Wildman–Crippen LogP) is 5.34. The number of aromatic nitrogens is 2. The van der Waals surface area contributed by atoms with Crippen molar-refractivity contribution in [2.45, 2.75) is 27.2 Å². The fourth-order valence-electron chi connectivity index (χ4n) is 4.05. The Labute approximate surface area is 222 Å². The van der Waals surface area contributed by atoms with E-state index in [0.717, 1.165) is 18.8 Å². The second-order valence-electron chi connectivity index (χ2n) is 10.1. The van der Waals surface area contributed by atoms with Crippen LogP contribution in [0.2, 0.25) is 5.02 Å². The van der Waals surface area contributed by atoms with Crippen molar-refractivity contribution in [3.8, 4) is 17.4 Å². The number of nitrogens with one attached hydrogen (secondary N) is 1. The summed E-state index contributed by atoms with van der Waals surface area (Å²) in [7, 11) is 1.62. The van der Waals surface area contributed by atoms with Gasteiger partial charge in [0.1, 0.15) is 16.5 Å². The molecule has 3 aromatic rings. The van der Waals surface area contributed by atoms with E-state index in [1.54, 1.807) is 31.4 Å². The SMILES string of the molecule is COc1cc(N2CCN(C(=O)CC(C)(C)C)CC2)ccc1Nc1ncc(Cl)c(Oc2cccc(N)c2)n1. The molecule has 1 amide bonds. The molecular weight excluding hydrogens is 492 g/mol. The number of carbonyl (C=O) groups excluding carboxylic acids is 1. The van der Waals surface area contributed by atoms with Gasteiger partial charge in [-0.15, -0.1) is 0 Å². The summed E-state index contributed by atoms with van der Waals surface area (Å²) in [6.45, 7) is 9.19. The number of halogens is 1. The molecule has 37 heavy (non-hydrogen) atoms. The molecule has 10 heteroatoms. The van der Waals surface area contributed by atoms with Crippen molar-refractivity contribution < 1.29 is 14.3 Å². The molecule has 0 aliphatic carbocycles. The van der Waals surface area contributed by atoms with E-state index >= 15 is 0 Å². The maximum atomic E-state index is 12.6. The normalized spacial score (nSPS) is 13.9. The van der Waals surface area contributed by atoms with E-state index in [9.17, 15) is 4.79 Å². The van der Waals surface area contributed by atoms with Crippen LogP contribution in [0.4, 0.5) is 23.0 Å². The molecule has 1 fully saturated rings. The topological polar surface area (TPSA) is 106 Å². The summed E-state index contributed by atoms with van der Waals surface area (Å²) < 4.78 is 11.5. The van der Waals surface area contributed by atoms with Gasteiger partial charge in [0.2, 0.25) is 17.7 Å². The van der Waals surface area contributed by atoms with E-state index in [2.05, 4.69) is 41.0 Å². The molecule has 0 atom stereocenters. The van der Waals surface area contributed by atoms with Crippen LogP contribution in [-0.4, -0.2) is 54.1 Å². The van der Waals surface area contributed by atoms with Crippen molar-refractivity contribution >= 4 is 40.5 Å². The van der Waals surface area contributed by atoms with Crippen LogP contribution in [0.25, 0.3) is 0 Å². The van der Waals surface area contributed by atoms with Crippen molar-refractivity contribution in [3.05, 3.63) is 53.7 Å². The zero-order valence-electron chi connectivity index (χ0n) is 21.6. The molecule has 196 valence electrons. The predicted molar refractivity (Wildman–Crippen MR) is 147 cm³/mol. The summed E-state index contributed by atoms with van der Waals surface area (Å²) in [5.41, 5.74) is 8.11. The molecular formula is C27H33ClN6O3. The van der Waals surface area contributed by atoms with Gasteiger partial charge < -0.3 is 30.3 Å². The van der Waals surface area contributed by atoms with Crippen LogP contribution in [0.15, 0.2) is 48.7 Å². The lowest BCUT2D eigenvalue weighted by Gasteiger charge is -2.37. The Morgan fingerprint density at radius 3 is 2.57 bits per heavy atom. The van der Waals surface area contributed by atoms with Crippen LogP contribution in [0.5, 0.6) is 17.4 Å². The van der Waals surface area contributed by atoms with Crippen LogP contribution in [0.1, 0.15) is 27.2 Å². The van der Waals surface area contributed by atoms with Crippen LogP contribution in [0.3, 0.4) is 0 Å². The highest BCUT2D eigenvalue weighted by Gasteiger charge is 2.25. The maximum absolute atomic E-state index is 12.6. The number of hydrogen-bond donors (Lipinski definition) is 2. The molecule has 3 N–H and O–H groups in total. The summed E-state index contributed by atoms with van der Waals surface area (Å²) in [5.74, 6) is 1.89. The monoisotopic (exact) mass is 524 g/mol. The number of rotatable bonds is 7. The van der Waals surface area contributed by atoms with Crippen LogP contribution in [-0.2, 0) is 4.79 Å². The van der Waals surface area contributed by atoms with E-state index in [4.69, 9.17) is 26.8 Å². The zero-order valence-corrected chi connectivity index (χ0v) is 22.4. The Kier molecular flexibility index (Phi) is 7.92. The van der Waals surface area contributed by atoms with Gasteiger partial charge in [0.05, 0.1) is 19.0 Å². The quantitative estimate of drug-likeness (QED) is 0.399. The van der Waals surface area contributed by atoms with Gasteiger partial charge in [0.15, 0.2) is 0 Å². The highest BCUT2D eigenvalue weighted by Crippen LogP contribution is 2.34. The number of piperazine rings is 1. The van der Waals surface area contributed by atoms with Crippen LogP contribution < -0.4 is 25.4 Å². The number of anilines is 4. The van der Waals surface area contributed by atoms with Gasteiger partial charge in [-0.1, -0.05) is 38.4 Å². The third kappa shape index (κ3) is 6.95. The van der Waals surface area contributed by atoms with Crippen LogP contribution >= 0.6 is 11.6 Å². The van der Waals surface area contributed by atoms with Crippen molar-refractivity contribution in [3.63, 3.8) is 0 Å². The molecule has 9 nitrogen and oxygen atoms in total. The average molecular weight is 525 g/mol. The number of methoxy groups -OCH3 is 1. The minimum atomic E-state index is -0.0132. The molecule has 0 saturated carbocycles. The molecule has 0 radical (unpaired) electrons. The lowest BCUT2D eigenvalue weighted by atomic mass is 9.91. The highest BCUT2D eigenvalue weighted by molar-refractivity contribution is 6.31. The van der Waals surface area contributed by atoms with Crippen molar-refractivity contribution in [1.29, 1.82) is 0 Å². The average Bonchev–Trinajstić information content (AvgIpc) is 2.85. The van der Waals surface area contributed by atoms with Gasteiger partial charge in [-0.25, -0.2) is 4.98 Å².